The van der Waals surface area contributed by atoms with E-state index < -0.39 is 0 Å². The van der Waals surface area contributed by atoms with Crippen molar-refractivity contribution < 1.29 is 9.13 Å². The Balaban J connectivity index is 2.10. The van der Waals surface area contributed by atoms with E-state index in [1.165, 1.54) is 12.1 Å². The number of rotatable bonds is 3. The molecule has 0 saturated heterocycles. The van der Waals surface area contributed by atoms with Gasteiger partial charge in [-0.2, -0.15) is 0 Å². The van der Waals surface area contributed by atoms with Crippen LogP contribution in [0.15, 0.2) is 29.3 Å². The lowest BCUT2D eigenvalue weighted by atomic mass is 10.1. The van der Waals surface area contributed by atoms with Crippen molar-refractivity contribution in [2.24, 2.45) is 10.7 Å². The van der Waals surface area contributed by atoms with E-state index in [2.05, 4.69) is 4.99 Å². The Kier molecular flexibility index (Phi) is 2.97. The van der Waals surface area contributed by atoms with E-state index in [1.807, 2.05) is 0 Å². The summed E-state index contributed by atoms with van der Waals surface area (Å²) in [6.07, 6.45) is 0.664. The molecule has 1 aromatic carbocycles. The number of ether oxygens (including phenoxy) is 1. The maximum Gasteiger partial charge on any atom is 0.185 e. The zero-order valence-corrected chi connectivity index (χ0v) is 8.32. The van der Waals surface area contributed by atoms with Gasteiger partial charge in [-0.25, -0.2) is 9.38 Å². The molecule has 1 atom stereocenters. The van der Waals surface area contributed by atoms with Crippen molar-refractivity contribution in [3.63, 3.8) is 0 Å². The van der Waals surface area contributed by atoms with Crippen molar-refractivity contribution in [2.75, 3.05) is 13.2 Å². The second-order valence-electron chi connectivity index (χ2n) is 3.44. The zero-order chi connectivity index (χ0) is 10.7. The molecule has 0 saturated carbocycles. The van der Waals surface area contributed by atoms with Gasteiger partial charge in [0.15, 0.2) is 5.90 Å². The summed E-state index contributed by atoms with van der Waals surface area (Å²) in [5.74, 6) is 0.468. The van der Waals surface area contributed by atoms with Crippen LogP contribution >= 0.6 is 0 Å². The first-order valence-corrected chi connectivity index (χ1v) is 4.94. The number of hydrogen-bond donors (Lipinski definition) is 1. The molecule has 0 spiro atoms. The van der Waals surface area contributed by atoms with Gasteiger partial charge >= 0.3 is 0 Å². The fraction of sp³-hybridized carbons (Fsp3) is 0.364. The molecule has 80 valence electrons. The number of nitrogens with two attached hydrogens (primary N) is 1. The van der Waals surface area contributed by atoms with Crippen LogP contribution < -0.4 is 5.73 Å². The van der Waals surface area contributed by atoms with Crippen LogP contribution in [0.25, 0.3) is 0 Å². The van der Waals surface area contributed by atoms with E-state index in [9.17, 15) is 4.39 Å². The Labute approximate surface area is 87.8 Å². The predicted octanol–water partition coefficient (Wildman–Crippen LogP) is 1.64. The average molecular weight is 208 g/mol. The molecule has 2 N–H and O–H groups in total. The summed E-state index contributed by atoms with van der Waals surface area (Å²) >= 11 is 0. The third kappa shape index (κ3) is 2.33. The number of nitrogens with zero attached hydrogens (tertiary/aromatic N) is 1. The molecule has 0 radical (unpaired) electrons. The smallest absolute Gasteiger partial charge is 0.185 e. The second-order valence-corrected chi connectivity index (χ2v) is 3.44. The lowest BCUT2D eigenvalue weighted by Crippen LogP contribution is -2.07. The average Bonchev–Trinajstić information content (AvgIpc) is 2.68. The van der Waals surface area contributed by atoms with Crippen LogP contribution in [0.5, 0.6) is 0 Å². The van der Waals surface area contributed by atoms with Crippen molar-refractivity contribution >= 4 is 5.90 Å². The van der Waals surface area contributed by atoms with Crippen molar-refractivity contribution in [2.45, 2.75) is 12.5 Å². The van der Waals surface area contributed by atoms with E-state index in [1.54, 1.807) is 12.1 Å². The first kappa shape index (κ1) is 10.1. The standard InChI is InChI=1S/C11H13FN2O/c12-9-3-1-8(2-4-9)10-7-15-11(14-10)5-6-13/h1-4,10H,5-7,13H2. The highest BCUT2D eigenvalue weighted by Gasteiger charge is 2.19. The summed E-state index contributed by atoms with van der Waals surface area (Å²) in [6, 6.07) is 6.33. The molecule has 1 aliphatic heterocycles. The van der Waals surface area contributed by atoms with Gasteiger partial charge in [-0.05, 0) is 17.7 Å². The predicted molar refractivity (Wildman–Crippen MR) is 56.2 cm³/mol. The minimum atomic E-state index is -0.233. The molecular formula is C11H13FN2O. The Morgan fingerprint density at radius 3 is 2.80 bits per heavy atom. The van der Waals surface area contributed by atoms with Gasteiger partial charge in [0.1, 0.15) is 18.5 Å². The normalized spacial score (nSPS) is 19.9. The van der Waals surface area contributed by atoms with Crippen LogP contribution in [0.1, 0.15) is 18.0 Å². The van der Waals surface area contributed by atoms with Crippen LogP contribution in [-0.4, -0.2) is 19.0 Å². The number of aliphatic imine (C=N–C) groups is 1. The van der Waals surface area contributed by atoms with Crippen molar-refractivity contribution in [1.29, 1.82) is 0 Å². The summed E-state index contributed by atoms with van der Waals surface area (Å²) in [5.41, 5.74) is 6.38. The molecule has 0 fully saturated rings. The maximum atomic E-state index is 12.7. The molecule has 1 unspecified atom stereocenters. The van der Waals surface area contributed by atoms with E-state index in [0.717, 1.165) is 5.56 Å². The SMILES string of the molecule is NCCC1=NC(c2ccc(F)cc2)CO1. The van der Waals surface area contributed by atoms with E-state index >= 15 is 0 Å². The molecule has 3 nitrogen and oxygen atoms in total. The lowest BCUT2D eigenvalue weighted by molar-refractivity contribution is 0.312. The van der Waals surface area contributed by atoms with Crippen LogP contribution in [0.4, 0.5) is 4.39 Å². The van der Waals surface area contributed by atoms with Crippen molar-refractivity contribution in [1.82, 2.24) is 0 Å². The zero-order valence-electron chi connectivity index (χ0n) is 8.32. The molecule has 4 heteroatoms. The van der Waals surface area contributed by atoms with Gasteiger partial charge in [-0.3, -0.25) is 0 Å². The highest BCUT2D eigenvalue weighted by Crippen LogP contribution is 2.23. The van der Waals surface area contributed by atoms with Gasteiger partial charge in [0.25, 0.3) is 0 Å². The van der Waals surface area contributed by atoms with Crippen molar-refractivity contribution in [3.05, 3.63) is 35.6 Å². The molecule has 1 heterocycles. The van der Waals surface area contributed by atoms with Gasteiger partial charge < -0.3 is 10.5 Å². The van der Waals surface area contributed by atoms with Gasteiger partial charge in [-0.15, -0.1) is 0 Å². The van der Waals surface area contributed by atoms with Crippen molar-refractivity contribution in [3.8, 4) is 0 Å². The largest absolute Gasteiger partial charge is 0.478 e. The molecule has 0 bridgehead atoms. The topological polar surface area (TPSA) is 47.6 Å². The number of halogens is 1. The monoisotopic (exact) mass is 208 g/mol. The molecular weight excluding hydrogens is 195 g/mol. The Morgan fingerprint density at radius 1 is 1.40 bits per heavy atom. The second kappa shape index (κ2) is 4.40. The van der Waals surface area contributed by atoms with Gasteiger partial charge in [0.05, 0.1) is 0 Å². The maximum absolute atomic E-state index is 12.7. The molecule has 0 aliphatic carbocycles. The minimum absolute atomic E-state index is 0.00727. The highest BCUT2D eigenvalue weighted by molar-refractivity contribution is 5.78. The molecule has 2 rings (SSSR count). The van der Waals surface area contributed by atoms with Gasteiger partial charge in [-0.1, -0.05) is 12.1 Å². The van der Waals surface area contributed by atoms with Crippen LogP contribution in [0.3, 0.4) is 0 Å². The van der Waals surface area contributed by atoms with Crippen LogP contribution in [-0.2, 0) is 4.74 Å². The van der Waals surface area contributed by atoms with E-state index in [4.69, 9.17) is 10.5 Å². The third-order valence-corrected chi connectivity index (χ3v) is 2.32. The summed E-state index contributed by atoms with van der Waals surface area (Å²) in [5, 5.41) is 0. The Hall–Kier alpha value is -1.42. The number of hydrogen-bond acceptors (Lipinski definition) is 3. The molecule has 1 aliphatic rings. The third-order valence-electron chi connectivity index (χ3n) is 2.32. The fourth-order valence-corrected chi connectivity index (χ4v) is 1.54. The van der Waals surface area contributed by atoms with E-state index in [-0.39, 0.29) is 11.9 Å². The summed E-state index contributed by atoms with van der Waals surface area (Å²) in [4.78, 5) is 4.37. The molecule has 1 aromatic rings. The molecule has 15 heavy (non-hydrogen) atoms. The van der Waals surface area contributed by atoms with Gasteiger partial charge in [0.2, 0.25) is 0 Å². The molecule has 0 amide bonds. The van der Waals surface area contributed by atoms with Crippen LogP contribution in [0.2, 0.25) is 0 Å². The Morgan fingerprint density at radius 2 is 2.13 bits per heavy atom. The Bertz CT molecular complexity index is 361. The van der Waals surface area contributed by atoms with Gasteiger partial charge in [0, 0.05) is 13.0 Å². The highest BCUT2D eigenvalue weighted by atomic mass is 19.1. The quantitative estimate of drug-likeness (QED) is 0.820. The summed E-state index contributed by atoms with van der Waals surface area (Å²) < 4.78 is 18.1. The number of benzene rings is 1. The first-order valence-electron chi connectivity index (χ1n) is 4.94. The summed E-state index contributed by atoms with van der Waals surface area (Å²) in [6.45, 7) is 1.07. The minimum Gasteiger partial charge on any atom is -0.478 e. The summed E-state index contributed by atoms with van der Waals surface area (Å²) in [7, 11) is 0. The lowest BCUT2D eigenvalue weighted by Gasteiger charge is -2.04. The first-order chi connectivity index (χ1) is 7.29. The van der Waals surface area contributed by atoms with Crippen LogP contribution in [0, 0.1) is 5.82 Å². The van der Waals surface area contributed by atoms with E-state index in [0.29, 0.717) is 25.5 Å². The molecule has 0 aromatic heterocycles. The fourth-order valence-electron chi connectivity index (χ4n) is 1.54.